The molecule has 2 saturated heterocycles. The molecule has 0 aromatic heterocycles. The van der Waals surface area contributed by atoms with E-state index in [0.717, 1.165) is 18.5 Å². The molecule has 0 saturated carbocycles. The first kappa shape index (κ1) is 20.0. The van der Waals surface area contributed by atoms with E-state index in [4.69, 9.17) is 4.74 Å². The molecule has 7 heteroatoms. The van der Waals surface area contributed by atoms with Crippen LogP contribution in [0, 0.1) is 0 Å². The van der Waals surface area contributed by atoms with Crippen LogP contribution in [0.15, 0.2) is 24.3 Å². The van der Waals surface area contributed by atoms with Gasteiger partial charge in [-0.05, 0) is 44.7 Å². The van der Waals surface area contributed by atoms with E-state index in [2.05, 4.69) is 5.32 Å². The molecule has 0 radical (unpaired) electrons. The Labute approximate surface area is 166 Å². The molecule has 148 valence electrons. The van der Waals surface area contributed by atoms with Gasteiger partial charge < -0.3 is 19.9 Å². The smallest absolute Gasteiger partial charge is 0.267 e. The third kappa shape index (κ3) is 3.92. The van der Waals surface area contributed by atoms with E-state index in [0.29, 0.717) is 36.8 Å². The lowest BCUT2D eigenvalue weighted by molar-refractivity contribution is -0.132. The van der Waals surface area contributed by atoms with Crippen LogP contribution in [0.4, 0.5) is 5.69 Å². The average Bonchev–Trinajstić information content (AvgIpc) is 2.99. The molecule has 0 aliphatic carbocycles. The molecule has 2 bridgehead atoms. The number of piperidine rings is 1. The van der Waals surface area contributed by atoms with Crippen LogP contribution in [-0.2, 0) is 9.59 Å². The van der Waals surface area contributed by atoms with E-state index in [1.54, 1.807) is 11.8 Å². The van der Waals surface area contributed by atoms with Crippen molar-refractivity contribution in [2.24, 2.45) is 0 Å². The molecule has 1 aromatic rings. The quantitative estimate of drug-likeness (QED) is 0.853. The van der Waals surface area contributed by atoms with Gasteiger partial charge in [0.2, 0.25) is 5.91 Å². The lowest BCUT2D eigenvalue weighted by Crippen LogP contribution is -2.50. The molecule has 1 N–H and O–H groups in total. The van der Waals surface area contributed by atoms with Crippen LogP contribution >= 0.6 is 12.4 Å². The van der Waals surface area contributed by atoms with Gasteiger partial charge in [0.05, 0.1) is 5.69 Å². The maximum atomic E-state index is 12.8. The molecule has 0 spiro atoms. The second-order valence-electron chi connectivity index (χ2n) is 7.74. The highest BCUT2D eigenvalue weighted by Crippen LogP contribution is 2.34. The minimum absolute atomic E-state index is 0. The molecular weight excluding hydrogens is 366 g/mol. The van der Waals surface area contributed by atoms with Crippen molar-refractivity contribution in [1.29, 1.82) is 0 Å². The second-order valence-corrected chi connectivity index (χ2v) is 7.74. The Kier molecular flexibility index (Phi) is 5.96. The third-order valence-corrected chi connectivity index (χ3v) is 6.01. The number of amides is 2. The average molecular weight is 394 g/mol. The topological polar surface area (TPSA) is 61.9 Å². The molecule has 2 amide bonds. The number of halogens is 1. The van der Waals surface area contributed by atoms with E-state index >= 15 is 0 Å². The van der Waals surface area contributed by atoms with Crippen LogP contribution in [0.25, 0.3) is 0 Å². The van der Waals surface area contributed by atoms with E-state index < -0.39 is 6.10 Å². The molecule has 3 aliphatic rings. The summed E-state index contributed by atoms with van der Waals surface area (Å²) in [6.07, 6.45) is 4.34. The fourth-order valence-corrected chi connectivity index (χ4v) is 4.52. The van der Waals surface area contributed by atoms with Crippen LogP contribution < -0.4 is 15.0 Å². The molecule has 27 heavy (non-hydrogen) atoms. The molecular formula is C20H28ClN3O3. The van der Waals surface area contributed by atoms with Gasteiger partial charge in [0.1, 0.15) is 5.75 Å². The number of carbonyl (C=O) groups excluding carboxylic acids is 2. The van der Waals surface area contributed by atoms with Crippen molar-refractivity contribution < 1.29 is 14.3 Å². The lowest BCUT2D eigenvalue weighted by Gasteiger charge is -2.36. The van der Waals surface area contributed by atoms with Gasteiger partial charge >= 0.3 is 0 Å². The molecule has 3 aliphatic heterocycles. The number of anilines is 1. The van der Waals surface area contributed by atoms with Gasteiger partial charge in [-0.15, -0.1) is 12.4 Å². The molecule has 4 rings (SSSR count). The number of rotatable bonds is 4. The first-order chi connectivity index (χ1) is 12.5. The summed E-state index contributed by atoms with van der Waals surface area (Å²) in [5.74, 6) is 0.732. The SMILES string of the molecule is CC1Oc2ccccc2N(CCC(=O)N(C)C2CC3CCC(C2)N3)C1=O.Cl. The molecule has 1 aromatic carbocycles. The summed E-state index contributed by atoms with van der Waals surface area (Å²) in [4.78, 5) is 28.9. The van der Waals surface area contributed by atoms with Gasteiger partial charge in [0, 0.05) is 38.1 Å². The zero-order chi connectivity index (χ0) is 18.3. The van der Waals surface area contributed by atoms with Gasteiger partial charge in [-0.25, -0.2) is 0 Å². The summed E-state index contributed by atoms with van der Waals surface area (Å²) in [6, 6.07) is 8.95. The molecule has 6 nitrogen and oxygen atoms in total. The Bertz CT molecular complexity index is 701. The zero-order valence-corrected chi connectivity index (χ0v) is 16.7. The maximum Gasteiger partial charge on any atom is 0.267 e. The summed E-state index contributed by atoms with van der Waals surface area (Å²) < 4.78 is 5.66. The predicted octanol–water partition coefficient (Wildman–Crippen LogP) is 2.35. The Morgan fingerprint density at radius 1 is 1.26 bits per heavy atom. The van der Waals surface area contributed by atoms with Crippen LogP contribution in [0.1, 0.15) is 39.0 Å². The van der Waals surface area contributed by atoms with Gasteiger partial charge in [-0.1, -0.05) is 12.1 Å². The first-order valence-corrected chi connectivity index (χ1v) is 9.61. The van der Waals surface area contributed by atoms with E-state index in [1.807, 2.05) is 36.2 Å². The van der Waals surface area contributed by atoms with Gasteiger partial charge in [-0.3, -0.25) is 9.59 Å². The number of ether oxygens (including phenoxy) is 1. The summed E-state index contributed by atoms with van der Waals surface area (Å²) in [6.45, 7) is 2.15. The van der Waals surface area contributed by atoms with E-state index in [1.165, 1.54) is 12.8 Å². The maximum absolute atomic E-state index is 12.8. The molecule has 3 atom stereocenters. The number of hydrogen-bond acceptors (Lipinski definition) is 4. The number of nitrogens with one attached hydrogen (secondary N) is 1. The first-order valence-electron chi connectivity index (χ1n) is 9.61. The van der Waals surface area contributed by atoms with Crippen LogP contribution in [-0.4, -0.2) is 54.5 Å². The minimum atomic E-state index is -0.516. The van der Waals surface area contributed by atoms with Crippen molar-refractivity contribution >= 4 is 29.9 Å². The monoisotopic (exact) mass is 393 g/mol. The summed E-state index contributed by atoms with van der Waals surface area (Å²) in [5.41, 5.74) is 0.756. The normalized spacial score (nSPS) is 28.8. The van der Waals surface area contributed by atoms with Crippen molar-refractivity contribution in [1.82, 2.24) is 10.2 Å². The molecule has 2 fully saturated rings. The molecule has 3 heterocycles. The fourth-order valence-electron chi connectivity index (χ4n) is 4.52. The zero-order valence-electron chi connectivity index (χ0n) is 15.9. The van der Waals surface area contributed by atoms with E-state index in [-0.39, 0.29) is 24.2 Å². The van der Waals surface area contributed by atoms with Crippen LogP contribution in [0.3, 0.4) is 0 Å². The van der Waals surface area contributed by atoms with Crippen molar-refractivity contribution in [3.63, 3.8) is 0 Å². The van der Waals surface area contributed by atoms with Crippen molar-refractivity contribution in [3.05, 3.63) is 24.3 Å². The highest BCUT2D eigenvalue weighted by molar-refractivity contribution is 6.00. The Morgan fingerprint density at radius 3 is 2.63 bits per heavy atom. The summed E-state index contributed by atoms with van der Waals surface area (Å²) in [5, 5.41) is 3.61. The van der Waals surface area contributed by atoms with Crippen LogP contribution in [0.2, 0.25) is 0 Å². The van der Waals surface area contributed by atoms with Crippen molar-refractivity contribution in [2.75, 3.05) is 18.5 Å². The largest absolute Gasteiger partial charge is 0.479 e. The number of para-hydroxylation sites is 2. The van der Waals surface area contributed by atoms with Gasteiger partial charge in [-0.2, -0.15) is 0 Å². The predicted molar refractivity (Wildman–Crippen MR) is 106 cm³/mol. The molecule has 3 unspecified atom stereocenters. The number of fused-ring (bicyclic) bond motifs is 3. The highest BCUT2D eigenvalue weighted by atomic mass is 35.5. The van der Waals surface area contributed by atoms with Crippen molar-refractivity contribution in [3.8, 4) is 5.75 Å². The summed E-state index contributed by atoms with van der Waals surface area (Å²) >= 11 is 0. The van der Waals surface area contributed by atoms with Gasteiger partial charge in [0.25, 0.3) is 5.91 Å². The minimum Gasteiger partial charge on any atom is -0.479 e. The summed E-state index contributed by atoms with van der Waals surface area (Å²) in [7, 11) is 1.91. The number of benzene rings is 1. The number of carbonyl (C=O) groups is 2. The highest BCUT2D eigenvalue weighted by Gasteiger charge is 2.37. The fraction of sp³-hybridized carbons (Fsp3) is 0.600. The lowest BCUT2D eigenvalue weighted by atomic mass is 9.98. The standard InChI is InChI=1S/C20H27N3O3.ClH/c1-13-20(25)23(17-5-3-4-6-18(17)26-13)10-9-19(24)22(2)16-11-14-7-8-15(12-16)21-14;/h3-6,13-16,21H,7-12H2,1-2H3;1H. The number of nitrogens with zero attached hydrogens (tertiary/aromatic N) is 2. The Hall–Kier alpha value is -1.79. The van der Waals surface area contributed by atoms with E-state index in [9.17, 15) is 9.59 Å². The number of hydrogen-bond donors (Lipinski definition) is 1. The van der Waals surface area contributed by atoms with Crippen molar-refractivity contribution in [2.45, 2.75) is 63.3 Å². The second kappa shape index (κ2) is 8.07. The van der Waals surface area contributed by atoms with Gasteiger partial charge in [0.15, 0.2) is 6.10 Å². The van der Waals surface area contributed by atoms with Crippen LogP contribution in [0.5, 0.6) is 5.75 Å². The third-order valence-electron chi connectivity index (χ3n) is 6.01. The Morgan fingerprint density at radius 2 is 1.93 bits per heavy atom. The Balaban J connectivity index is 0.00000210.